The van der Waals surface area contributed by atoms with E-state index in [2.05, 4.69) is 27.8 Å². The molecule has 0 radical (unpaired) electrons. The Labute approximate surface area is 181 Å². The molecule has 1 fully saturated rings. The van der Waals surface area contributed by atoms with Crippen LogP contribution in [-0.4, -0.2) is 61.9 Å². The van der Waals surface area contributed by atoms with E-state index in [-0.39, 0.29) is 29.6 Å². The molecule has 3 N–H and O–H groups in total. The Morgan fingerprint density at radius 2 is 1.69 bits per heavy atom. The normalized spacial score (nSPS) is 15.0. The molecule has 1 aromatic rings. The van der Waals surface area contributed by atoms with Crippen LogP contribution in [0.3, 0.4) is 0 Å². The molecule has 1 aromatic carbocycles. The van der Waals surface area contributed by atoms with E-state index in [1.54, 1.807) is 6.07 Å². The summed E-state index contributed by atoms with van der Waals surface area (Å²) in [6.45, 7) is 5.70. The van der Waals surface area contributed by atoms with Gasteiger partial charge in [-0.2, -0.15) is 0 Å². The molecule has 160 valence electrons. The monoisotopic (exact) mass is 442 g/mol. The molecule has 7 nitrogen and oxygen atoms in total. The van der Waals surface area contributed by atoms with E-state index in [9.17, 15) is 14.4 Å². The zero-order chi connectivity index (χ0) is 21.2. The van der Waals surface area contributed by atoms with Gasteiger partial charge >= 0.3 is 0 Å². The Hall–Kier alpha value is -1.83. The highest BCUT2D eigenvalue weighted by molar-refractivity contribution is 6.36. The third-order valence-corrected chi connectivity index (χ3v) is 5.43. The van der Waals surface area contributed by atoms with Gasteiger partial charge in [-0.05, 0) is 63.0 Å². The Balaban J connectivity index is 1.56. The highest BCUT2D eigenvalue weighted by Gasteiger charge is 2.15. The number of carbonyl (C=O) groups is 3. The number of benzene rings is 1. The molecule has 1 aliphatic heterocycles. The number of nitrogens with one attached hydrogen (secondary N) is 3. The fourth-order valence-corrected chi connectivity index (χ4v) is 3.54. The van der Waals surface area contributed by atoms with Gasteiger partial charge in [0.05, 0.1) is 23.7 Å². The van der Waals surface area contributed by atoms with E-state index in [4.69, 9.17) is 23.2 Å². The molecule has 29 heavy (non-hydrogen) atoms. The third-order valence-electron chi connectivity index (χ3n) is 4.88. The standard InChI is InChI=1S/C20H28Cl2N4O3/c1-14-5-9-26(10-6-14)8-2-7-23-18(27)12-24-19(28)13-25-20(29)16-4-3-15(21)11-17(16)22/h3-4,11,14H,2,5-10,12-13H2,1H3,(H,23,27)(H,24,28)(H,25,29). The molecular formula is C20H28Cl2N4O3. The van der Waals surface area contributed by atoms with Crippen LogP contribution >= 0.6 is 23.2 Å². The van der Waals surface area contributed by atoms with Crippen LogP contribution in [0.25, 0.3) is 0 Å². The summed E-state index contributed by atoms with van der Waals surface area (Å²) < 4.78 is 0. The van der Waals surface area contributed by atoms with Gasteiger partial charge in [-0.3, -0.25) is 14.4 Å². The van der Waals surface area contributed by atoms with Crippen LogP contribution in [0.5, 0.6) is 0 Å². The molecule has 0 unspecified atom stereocenters. The molecule has 9 heteroatoms. The number of hydrogen-bond donors (Lipinski definition) is 3. The van der Waals surface area contributed by atoms with E-state index in [0.717, 1.165) is 32.0 Å². The topological polar surface area (TPSA) is 90.5 Å². The zero-order valence-electron chi connectivity index (χ0n) is 16.6. The highest BCUT2D eigenvalue weighted by atomic mass is 35.5. The number of rotatable bonds is 9. The number of amides is 3. The van der Waals surface area contributed by atoms with Crippen LogP contribution in [-0.2, 0) is 9.59 Å². The first-order chi connectivity index (χ1) is 13.8. The number of hydrogen-bond acceptors (Lipinski definition) is 4. The van der Waals surface area contributed by atoms with Gasteiger partial charge in [0.15, 0.2) is 0 Å². The van der Waals surface area contributed by atoms with Crippen LogP contribution in [0.15, 0.2) is 18.2 Å². The summed E-state index contributed by atoms with van der Waals surface area (Å²) in [5.41, 5.74) is 0.227. The summed E-state index contributed by atoms with van der Waals surface area (Å²) in [5.74, 6) is -0.389. The lowest BCUT2D eigenvalue weighted by atomic mass is 9.99. The van der Waals surface area contributed by atoms with Crippen LogP contribution in [0.4, 0.5) is 0 Å². The minimum Gasteiger partial charge on any atom is -0.355 e. The minimum absolute atomic E-state index is 0.127. The van der Waals surface area contributed by atoms with Gasteiger partial charge in [0, 0.05) is 11.6 Å². The average molecular weight is 443 g/mol. The first kappa shape index (κ1) is 23.4. The molecule has 1 aliphatic rings. The molecule has 3 amide bonds. The Morgan fingerprint density at radius 1 is 1.03 bits per heavy atom. The van der Waals surface area contributed by atoms with Gasteiger partial charge in [-0.25, -0.2) is 0 Å². The smallest absolute Gasteiger partial charge is 0.253 e. The van der Waals surface area contributed by atoms with Crippen LogP contribution in [0.1, 0.15) is 36.5 Å². The molecule has 0 bridgehead atoms. The lowest BCUT2D eigenvalue weighted by Crippen LogP contribution is -2.42. The van der Waals surface area contributed by atoms with E-state index < -0.39 is 11.8 Å². The number of halogens is 2. The van der Waals surface area contributed by atoms with Crippen molar-refractivity contribution in [1.29, 1.82) is 0 Å². The predicted octanol–water partition coefficient (Wildman–Crippen LogP) is 2.08. The summed E-state index contributed by atoms with van der Waals surface area (Å²) in [6.07, 6.45) is 3.35. The minimum atomic E-state index is -0.488. The summed E-state index contributed by atoms with van der Waals surface area (Å²) in [4.78, 5) is 38.1. The Morgan fingerprint density at radius 3 is 2.38 bits per heavy atom. The van der Waals surface area contributed by atoms with Gasteiger partial charge in [0.2, 0.25) is 11.8 Å². The van der Waals surface area contributed by atoms with E-state index >= 15 is 0 Å². The second kappa shape index (κ2) is 12.0. The predicted molar refractivity (Wildman–Crippen MR) is 114 cm³/mol. The first-order valence-corrected chi connectivity index (χ1v) is 10.6. The molecule has 0 saturated carbocycles. The van der Waals surface area contributed by atoms with Gasteiger partial charge in [0.1, 0.15) is 0 Å². The third kappa shape index (κ3) is 8.60. The first-order valence-electron chi connectivity index (χ1n) is 9.84. The van der Waals surface area contributed by atoms with E-state index in [1.807, 2.05) is 0 Å². The summed E-state index contributed by atoms with van der Waals surface area (Å²) in [5, 5.41) is 8.35. The van der Waals surface area contributed by atoms with Crippen molar-refractivity contribution in [3.63, 3.8) is 0 Å². The lowest BCUT2D eigenvalue weighted by molar-refractivity contribution is -0.125. The highest BCUT2D eigenvalue weighted by Crippen LogP contribution is 2.20. The van der Waals surface area contributed by atoms with Crippen LogP contribution < -0.4 is 16.0 Å². The molecule has 0 aliphatic carbocycles. The van der Waals surface area contributed by atoms with E-state index in [1.165, 1.54) is 25.0 Å². The quantitative estimate of drug-likeness (QED) is 0.510. The van der Waals surface area contributed by atoms with Crippen molar-refractivity contribution in [1.82, 2.24) is 20.9 Å². The SMILES string of the molecule is CC1CCN(CCCNC(=O)CNC(=O)CNC(=O)c2ccc(Cl)cc2Cl)CC1. The zero-order valence-corrected chi connectivity index (χ0v) is 18.1. The fraction of sp³-hybridized carbons (Fsp3) is 0.550. The summed E-state index contributed by atoms with van der Waals surface area (Å²) in [7, 11) is 0. The molecule has 0 spiro atoms. The van der Waals surface area contributed by atoms with Gasteiger partial charge in [0.25, 0.3) is 5.91 Å². The van der Waals surface area contributed by atoms with Crippen molar-refractivity contribution >= 4 is 40.9 Å². The largest absolute Gasteiger partial charge is 0.355 e. The maximum Gasteiger partial charge on any atom is 0.253 e. The Kier molecular flexibility index (Phi) is 9.70. The van der Waals surface area contributed by atoms with Crippen LogP contribution in [0.2, 0.25) is 10.0 Å². The van der Waals surface area contributed by atoms with Crippen molar-refractivity contribution in [3.8, 4) is 0 Å². The van der Waals surface area contributed by atoms with Crippen molar-refractivity contribution < 1.29 is 14.4 Å². The van der Waals surface area contributed by atoms with E-state index in [0.29, 0.717) is 11.6 Å². The second-order valence-electron chi connectivity index (χ2n) is 7.31. The summed E-state index contributed by atoms with van der Waals surface area (Å²) in [6, 6.07) is 4.47. The van der Waals surface area contributed by atoms with Crippen molar-refractivity contribution in [2.24, 2.45) is 5.92 Å². The molecule has 0 aromatic heterocycles. The Bertz CT molecular complexity index is 722. The summed E-state index contributed by atoms with van der Waals surface area (Å²) >= 11 is 11.7. The lowest BCUT2D eigenvalue weighted by Gasteiger charge is -2.30. The molecule has 2 rings (SSSR count). The molecular weight excluding hydrogens is 415 g/mol. The second-order valence-corrected chi connectivity index (χ2v) is 8.15. The average Bonchev–Trinajstić information content (AvgIpc) is 2.69. The maximum absolute atomic E-state index is 12.0. The number of nitrogens with zero attached hydrogens (tertiary/aromatic N) is 1. The fourth-order valence-electron chi connectivity index (χ4n) is 3.05. The van der Waals surface area contributed by atoms with Gasteiger partial charge in [-0.15, -0.1) is 0 Å². The molecule has 1 saturated heterocycles. The van der Waals surface area contributed by atoms with Gasteiger partial charge < -0.3 is 20.9 Å². The van der Waals surface area contributed by atoms with Crippen molar-refractivity contribution in [2.75, 3.05) is 39.3 Å². The van der Waals surface area contributed by atoms with Crippen LogP contribution in [0, 0.1) is 5.92 Å². The maximum atomic E-state index is 12.0. The number of piperidine rings is 1. The molecule has 0 atom stereocenters. The van der Waals surface area contributed by atoms with Gasteiger partial charge in [-0.1, -0.05) is 30.1 Å². The van der Waals surface area contributed by atoms with Crippen molar-refractivity contribution in [3.05, 3.63) is 33.8 Å². The number of carbonyl (C=O) groups excluding carboxylic acids is 3. The molecule has 1 heterocycles. The number of likely N-dealkylation sites (tertiary alicyclic amines) is 1. The van der Waals surface area contributed by atoms with Crippen molar-refractivity contribution in [2.45, 2.75) is 26.2 Å².